The molecule has 0 bridgehead atoms. The van der Waals surface area contributed by atoms with Gasteiger partial charge in [0.1, 0.15) is 6.04 Å². The van der Waals surface area contributed by atoms with E-state index in [4.69, 9.17) is 5.11 Å². The van der Waals surface area contributed by atoms with Crippen molar-refractivity contribution in [1.29, 1.82) is 0 Å². The van der Waals surface area contributed by atoms with Crippen LogP contribution in [0, 0.1) is 0 Å². The highest BCUT2D eigenvalue weighted by Gasteiger charge is 2.27. The number of carbonyl (C=O) groups excluding carboxylic acids is 2. The maximum atomic E-state index is 11.9. The lowest BCUT2D eigenvalue weighted by Crippen LogP contribution is -2.53. The molecule has 9 heteroatoms. The van der Waals surface area contributed by atoms with E-state index in [2.05, 4.69) is 10.6 Å². The molecule has 0 aliphatic rings. The standard InChI is InChI=1S/C14H18N2O7/c1-6(12(20)16-11(7(2)17)14(22)23)15-13(21)8-3-4-9(18)10(19)5-8/h3-7,11,17-19H,1-2H3,(H,15,21)(H,16,20)(H,22,23)/t6-,7+,11-/m0/s1. The summed E-state index contributed by atoms with van der Waals surface area (Å²) in [6, 6.07) is 0.789. The zero-order chi connectivity index (χ0) is 17.7. The highest BCUT2D eigenvalue weighted by Crippen LogP contribution is 2.24. The summed E-state index contributed by atoms with van der Waals surface area (Å²) in [6.07, 6.45) is -1.31. The fourth-order valence-electron chi connectivity index (χ4n) is 1.68. The molecule has 0 fully saturated rings. The van der Waals surface area contributed by atoms with Crippen LogP contribution in [0.4, 0.5) is 0 Å². The van der Waals surface area contributed by atoms with Crippen LogP contribution in [0.25, 0.3) is 0 Å². The third-order valence-corrected chi connectivity index (χ3v) is 3.02. The van der Waals surface area contributed by atoms with Gasteiger partial charge in [0, 0.05) is 5.56 Å². The van der Waals surface area contributed by atoms with Crippen molar-refractivity contribution in [2.75, 3.05) is 0 Å². The van der Waals surface area contributed by atoms with Gasteiger partial charge in [-0.25, -0.2) is 4.79 Å². The van der Waals surface area contributed by atoms with E-state index in [-0.39, 0.29) is 5.56 Å². The number of carbonyl (C=O) groups is 3. The molecule has 2 amide bonds. The first-order valence-corrected chi connectivity index (χ1v) is 6.67. The molecule has 0 heterocycles. The smallest absolute Gasteiger partial charge is 0.328 e. The highest BCUT2D eigenvalue weighted by molar-refractivity contribution is 5.98. The number of rotatable bonds is 6. The number of aliphatic carboxylic acids is 1. The normalized spacial score (nSPS) is 14.4. The van der Waals surface area contributed by atoms with Crippen molar-refractivity contribution in [3.05, 3.63) is 23.8 Å². The van der Waals surface area contributed by atoms with E-state index in [1.807, 2.05) is 0 Å². The molecule has 1 rings (SSSR count). The molecular formula is C14H18N2O7. The van der Waals surface area contributed by atoms with E-state index in [1.165, 1.54) is 19.9 Å². The van der Waals surface area contributed by atoms with Gasteiger partial charge in [0.25, 0.3) is 5.91 Å². The van der Waals surface area contributed by atoms with Gasteiger partial charge in [0.05, 0.1) is 6.10 Å². The van der Waals surface area contributed by atoms with E-state index < -0.39 is 47.5 Å². The summed E-state index contributed by atoms with van der Waals surface area (Å²) in [6.45, 7) is 2.54. The van der Waals surface area contributed by atoms with E-state index >= 15 is 0 Å². The summed E-state index contributed by atoms with van der Waals surface area (Å²) < 4.78 is 0. The van der Waals surface area contributed by atoms with Crippen LogP contribution in [-0.4, -0.2) is 56.4 Å². The number of aliphatic hydroxyl groups is 1. The fourth-order valence-corrected chi connectivity index (χ4v) is 1.68. The van der Waals surface area contributed by atoms with Gasteiger partial charge >= 0.3 is 5.97 Å². The number of phenolic OH excluding ortho intramolecular Hbond substituents is 2. The molecule has 23 heavy (non-hydrogen) atoms. The van der Waals surface area contributed by atoms with Gasteiger partial charge in [-0.15, -0.1) is 0 Å². The topological polar surface area (TPSA) is 156 Å². The van der Waals surface area contributed by atoms with Crippen molar-refractivity contribution in [2.45, 2.75) is 32.0 Å². The summed E-state index contributed by atoms with van der Waals surface area (Å²) >= 11 is 0. The molecule has 0 saturated heterocycles. The lowest BCUT2D eigenvalue weighted by atomic mass is 10.1. The number of benzene rings is 1. The van der Waals surface area contributed by atoms with Crippen molar-refractivity contribution in [3.63, 3.8) is 0 Å². The van der Waals surface area contributed by atoms with Gasteiger partial charge in [0.15, 0.2) is 17.5 Å². The molecule has 0 saturated carbocycles. The molecule has 9 nitrogen and oxygen atoms in total. The Labute approximate surface area is 131 Å². The molecule has 0 spiro atoms. The lowest BCUT2D eigenvalue weighted by Gasteiger charge is -2.20. The third-order valence-electron chi connectivity index (χ3n) is 3.02. The van der Waals surface area contributed by atoms with Crippen LogP contribution in [-0.2, 0) is 9.59 Å². The van der Waals surface area contributed by atoms with E-state index in [0.29, 0.717) is 0 Å². The number of hydrogen-bond acceptors (Lipinski definition) is 6. The Kier molecular flexibility index (Phi) is 5.91. The Morgan fingerprint density at radius 1 is 1.04 bits per heavy atom. The molecule has 1 aromatic rings. The zero-order valence-electron chi connectivity index (χ0n) is 12.5. The number of carboxylic acids is 1. The minimum atomic E-state index is -1.50. The van der Waals surface area contributed by atoms with Gasteiger partial charge in [-0.1, -0.05) is 0 Å². The first kappa shape index (κ1) is 18.2. The van der Waals surface area contributed by atoms with Crippen molar-refractivity contribution in [2.24, 2.45) is 0 Å². The van der Waals surface area contributed by atoms with Gasteiger partial charge in [-0.3, -0.25) is 9.59 Å². The van der Waals surface area contributed by atoms with Crippen LogP contribution in [0.3, 0.4) is 0 Å². The van der Waals surface area contributed by atoms with E-state index in [0.717, 1.165) is 12.1 Å². The summed E-state index contributed by atoms with van der Waals surface area (Å²) in [7, 11) is 0. The number of aromatic hydroxyl groups is 2. The Morgan fingerprint density at radius 2 is 1.65 bits per heavy atom. The van der Waals surface area contributed by atoms with E-state index in [1.54, 1.807) is 0 Å². The molecule has 0 aliphatic carbocycles. The Balaban J connectivity index is 2.72. The van der Waals surface area contributed by atoms with Crippen LogP contribution in [0.1, 0.15) is 24.2 Å². The summed E-state index contributed by atoms with van der Waals surface area (Å²) in [4.78, 5) is 34.7. The summed E-state index contributed by atoms with van der Waals surface area (Å²) in [5.41, 5.74) is 0.00487. The second-order valence-electron chi connectivity index (χ2n) is 4.96. The average Bonchev–Trinajstić information content (AvgIpc) is 2.46. The van der Waals surface area contributed by atoms with Gasteiger partial charge in [-0.05, 0) is 32.0 Å². The maximum Gasteiger partial charge on any atom is 0.328 e. The largest absolute Gasteiger partial charge is 0.504 e. The quantitative estimate of drug-likeness (QED) is 0.372. The molecule has 6 N–H and O–H groups in total. The average molecular weight is 326 g/mol. The number of hydrogen-bond donors (Lipinski definition) is 6. The number of nitrogens with one attached hydrogen (secondary N) is 2. The van der Waals surface area contributed by atoms with Gasteiger partial charge < -0.3 is 31.1 Å². The zero-order valence-corrected chi connectivity index (χ0v) is 12.5. The SMILES string of the molecule is C[C@H](NC(=O)c1ccc(O)c(O)c1)C(=O)N[C@H](C(=O)O)[C@@H](C)O. The van der Waals surface area contributed by atoms with Crippen molar-refractivity contribution >= 4 is 17.8 Å². The summed E-state index contributed by atoms with van der Waals surface area (Å²) in [5, 5.41) is 41.1. The molecule has 0 unspecified atom stereocenters. The molecule has 0 aromatic heterocycles. The van der Waals surface area contributed by atoms with Crippen LogP contribution < -0.4 is 10.6 Å². The van der Waals surface area contributed by atoms with Crippen LogP contribution in [0.5, 0.6) is 11.5 Å². The van der Waals surface area contributed by atoms with Crippen molar-refractivity contribution in [3.8, 4) is 11.5 Å². The molecule has 0 aliphatic heterocycles. The van der Waals surface area contributed by atoms with Crippen molar-refractivity contribution in [1.82, 2.24) is 10.6 Å². The Hall–Kier alpha value is -2.81. The van der Waals surface area contributed by atoms with Gasteiger partial charge in [0.2, 0.25) is 5.91 Å². The molecule has 0 radical (unpaired) electrons. The molecule has 3 atom stereocenters. The van der Waals surface area contributed by atoms with Crippen LogP contribution in [0.2, 0.25) is 0 Å². The second kappa shape index (κ2) is 7.45. The Morgan fingerprint density at radius 3 is 2.13 bits per heavy atom. The second-order valence-corrected chi connectivity index (χ2v) is 4.96. The van der Waals surface area contributed by atoms with E-state index in [9.17, 15) is 29.7 Å². The summed E-state index contributed by atoms with van der Waals surface area (Å²) in [5.74, 6) is -3.79. The number of aliphatic hydroxyl groups excluding tert-OH is 1. The first-order chi connectivity index (χ1) is 10.6. The number of amides is 2. The molecular weight excluding hydrogens is 308 g/mol. The fraction of sp³-hybridized carbons (Fsp3) is 0.357. The number of carboxylic acid groups (broad SMARTS) is 1. The first-order valence-electron chi connectivity index (χ1n) is 6.67. The van der Waals surface area contributed by atoms with Crippen molar-refractivity contribution < 1.29 is 34.8 Å². The molecule has 126 valence electrons. The minimum absolute atomic E-state index is 0.00487. The lowest BCUT2D eigenvalue weighted by molar-refractivity contribution is -0.145. The number of phenols is 2. The monoisotopic (exact) mass is 326 g/mol. The maximum absolute atomic E-state index is 11.9. The third kappa shape index (κ3) is 4.85. The van der Waals surface area contributed by atoms with Crippen LogP contribution in [0.15, 0.2) is 18.2 Å². The highest BCUT2D eigenvalue weighted by atomic mass is 16.4. The minimum Gasteiger partial charge on any atom is -0.504 e. The predicted octanol–water partition coefficient (Wildman–Crippen LogP) is -0.834. The Bertz CT molecular complexity index is 615. The molecule has 1 aromatic carbocycles. The predicted molar refractivity (Wildman–Crippen MR) is 77.9 cm³/mol. The van der Waals surface area contributed by atoms with Gasteiger partial charge in [-0.2, -0.15) is 0 Å². The van der Waals surface area contributed by atoms with Crippen LogP contribution >= 0.6 is 0 Å².